The lowest BCUT2D eigenvalue weighted by Gasteiger charge is -2.19. The molecule has 0 saturated carbocycles. The van der Waals surface area contributed by atoms with E-state index in [1.165, 1.54) is 22.7 Å². The van der Waals surface area contributed by atoms with Gasteiger partial charge >= 0.3 is 6.09 Å². The summed E-state index contributed by atoms with van der Waals surface area (Å²) in [6, 6.07) is 18.4. The fourth-order valence-corrected chi connectivity index (χ4v) is 4.40. The molecule has 0 bridgehead atoms. The number of thiophene rings is 2. The third-order valence-electron chi connectivity index (χ3n) is 4.54. The fraction of sp³-hybridized carbons (Fsp3) is 0.148. The summed E-state index contributed by atoms with van der Waals surface area (Å²) in [6.45, 7) is 5.34. The molecule has 10 heteroatoms. The molecule has 4 aromatic rings. The third-order valence-corrected chi connectivity index (χ3v) is 6.05. The second kappa shape index (κ2) is 12.7. The van der Waals surface area contributed by atoms with Gasteiger partial charge in [0.05, 0.1) is 22.5 Å². The molecule has 5 N–H and O–H groups in total. The second-order valence-electron chi connectivity index (χ2n) is 8.71. The van der Waals surface area contributed by atoms with Crippen molar-refractivity contribution >= 4 is 63.3 Å². The van der Waals surface area contributed by atoms with Crippen LogP contribution in [0.3, 0.4) is 0 Å². The van der Waals surface area contributed by atoms with Crippen LogP contribution in [0.5, 0.6) is 0 Å². The summed E-state index contributed by atoms with van der Waals surface area (Å²) < 4.78 is 5.19. The Morgan fingerprint density at radius 3 is 1.68 bits per heavy atom. The summed E-state index contributed by atoms with van der Waals surface area (Å²) >= 11 is 2.75. The van der Waals surface area contributed by atoms with Crippen LogP contribution in [0.2, 0.25) is 0 Å². The van der Waals surface area contributed by atoms with Crippen molar-refractivity contribution in [3.05, 3.63) is 93.3 Å². The molecule has 8 nitrogen and oxygen atoms in total. The van der Waals surface area contributed by atoms with Crippen LogP contribution in [-0.4, -0.2) is 23.5 Å². The van der Waals surface area contributed by atoms with Gasteiger partial charge in [-0.05, 0) is 45.0 Å². The van der Waals surface area contributed by atoms with E-state index in [0.29, 0.717) is 28.2 Å². The Balaban J connectivity index is 0.000000220. The molecular formula is C27H28N4O4S2. The van der Waals surface area contributed by atoms with Gasteiger partial charge in [-0.3, -0.25) is 14.9 Å². The molecule has 192 valence electrons. The highest BCUT2D eigenvalue weighted by molar-refractivity contribution is 7.09. The van der Waals surface area contributed by atoms with Gasteiger partial charge in [0.25, 0.3) is 11.8 Å². The molecule has 4 rings (SSSR count). The molecule has 0 fully saturated rings. The first-order valence-corrected chi connectivity index (χ1v) is 13.1. The molecule has 0 spiro atoms. The van der Waals surface area contributed by atoms with Crippen LogP contribution in [0.15, 0.2) is 82.2 Å². The molecule has 3 amide bonds. The number of carbonyl (C=O) groups excluding carboxylic acids is 3. The van der Waals surface area contributed by atoms with Gasteiger partial charge in [0.2, 0.25) is 0 Å². The minimum Gasteiger partial charge on any atom is -0.444 e. The molecule has 0 radical (unpaired) electrons. The van der Waals surface area contributed by atoms with Crippen LogP contribution in [0.4, 0.5) is 27.5 Å². The predicted molar refractivity (Wildman–Crippen MR) is 152 cm³/mol. The summed E-state index contributed by atoms with van der Waals surface area (Å²) in [5.74, 6) is -0.446. The summed E-state index contributed by atoms with van der Waals surface area (Å²) in [4.78, 5) is 35.8. The molecule has 0 aliphatic carbocycles. The van der Waals surface area contributed by atoms with E-state index in [4.69, 9.17) is 10.5 Å². The van der Waals surface area contributed by atoms with E-state index < -0.39 is 11.7 Å². The van der Waals surface area contributed by atoms with Crippen LogP contribution in [0.1, 0.15) is 41.5 Å². The van der Waals surface area contributed by atoms with Gasteiger partial charge in [0, 0.05) is 32.9 Å². The number of para-hydroxylation sites is 2. The number of rotatable bonds is 5. The number of hydrogen-bond donors (Lipinski definition) is 4. The Bertz CT molecular complexity index is 1330. The molecule has 0 aliphatic rings. The first-order chi connectivity index (χ1) is 17.6. The minimum absolute atomic E-state index is 0.167. The summed E-state index contributed by atoms with van der Waals surface area (Å²) in [7, 11) is 0. The monoisotopic (exact) mass is 536 g/mol. The number of nitrogens with one attached hydrogen (secondary N) is 3. The highest BCUT2D eigenvalue weighted by atomic mass is 32.1. The Labute approximate surface area is 223 Å². The highest BCUT2D eigenvalue weighted by Crippen LogP contribution is 2.23. The SMILES string of the molecule is CC(C)(C)OC(=O)Nc1cscc1C(=O)Nc1ccccc1.Nc1cscc1C(=O)Nc1ccccc1. The summed E-state index contributed by atoms with van der Waals surface area (Å²) in [5.41, 5.74) is 8.41. The number of anilines is 4. The Morgan fingerprint density at radius 2 is 1.19 bits per heavy atom. The largest absolute Gasteiger partial charge is 0.444 e. The van der Waals surface area contributed by atoms with Gasteiger partial charge in [-0.15, -0.1) is 22.7 Å². The zero-order valence-electron chi connectivity index (χ0n) is 20.6. The molecule has 2 aromatic heterocycles. The number of nitrogen functional groups attached to an aromatic ring is 1. The zero-order chi connectivity index (χ0) is 26.8. The molecule has 2 aromatic carbocycles. The standard InChI is InChI=1S/C16H18N2O3S.C11H10N2OS/c1-16(2,3)21-15(20)18-13-10-22-9-12(13)14(19)17-11-7-5-4-6-8-11;12-10-7-15-6-9(10)11(14)13-8-4-2-1-3-5-8/h4-10H,1-3H3,(H,17,19)(H,18,20);1-7H,12H2,(H,13,14). The maximum atomic E-state index is 12.3. The van der Waals surface area contributed by atoms with E-state index >= 15 is 0 Å². The van der Waals surface area contributed by atoms with E-state index in [1.54, 1.807) is 54.4 Å². The number of amides is 3. The number of hydrogen-bond acceptors (Lipinski definition) is 7. The number of benzene rings is 2. The van der Waals surface area contributed by atoms with E-state index in [-0.39, 0.29) is 11.8 Å². The molecule has 0 aliphatic heterocycles. The van der Waals surface area contributed by atoms with E-state index in [0.717, 1.165) is 5.69 Å². The lowest BCUT2D eigenvalue weighted by Crippen LogP contribution is -2.27. The highest BCUT2D eigenvalue weighted by Gasteiger charge is 2.19. The van der Waals surface area contributed by atoms with Crippen molar-refractivity contribution in [2.75, 3.05) is 21.7 Å². The number of ether oxygens (including phenoxy) is 1. The van der Waals surface area contributed by atoms with Crippen LogP contribution < -0.4 is 21.7 Å². The van der Waals surface area contributed by atoms with Crippen molar-refractivity contribution in [3.8, 4) is 0 Å². The lowest BCUT2D eigenvalue weighted by molar-refractivity contribution is 0.0635. The predicted octanol–water partition coefficient (Wildman–Crippen LogP) is 6.93. The first-order valence-electron chi connectivity index (χ1n) is 11.2. The van der Waals surface area contributed by atoms with Crippen molar-refractivity contribution in [3.63, 3.8) is 0 Å². The molecule has 2 heterocycles. The Hall–Kier alpha value is -4.15. The van der Waals surface area contributed by atoms with Gasteiger partial charge in [-0.2, -0.15) is 0 Å². The Kier molecular flexibility index (Phi) is 9.42. The van der Waals surface area contributed by atoms with Crippen LogP contribution in [-0.2, 0) is 4.74 Å². The zero-order valence-corrected chi connectivity index (χ0v) is 22.2. The maximum absolute atomic E-state index is 12.3. The summed E-state index contributed by atoms with van der Waals surface area (Å²) in [5, 5.41) is 15.0. The normalized spacial score (nSPS) is 10.5. The minimum atomic E-state index is -0.591. The van der Waals surface area contributed by atoms with E-state index in [2.05, 4.69) is 16.0 Å². The van der Waals surface area contributed by atoms with Crippen LogP contribution in [0, 0.1) is 0 Å². The fourth-order valence-electron chi connectivity index (χ4n) is 2.91. The third kappa shape index (κ3) is 8.78. The smallest absolute Gasteiger partial charge is 0.412 e. The Morgan fingerprint density at radius 1 is 0.703 bits per heavy atom. The molecule has 0 atom stereocenters. The van der Waals surface area contributed by atoms with Crippen LogP contribution >= 0.6 is 22.7 Å². The van der Waals surface area contributed by atoms with Crippen molar-refractivity contribution in [1.29, 1.82) is 0 Å². The van der Waals surface area contributed by atoms with Gasteiger partial charge in [0.1, 0.15) is 5.60 Å². The van der Waals surface area contributed by atoms with Gasteiger partial charge in [-0.25, -0.2) is 4.79 Å². The summed E-state index contributed by atoms with van der Waals surface area (Å²) in [6.07, 6.45) is -0.584. The number of carbonyl (C=O) groups is 3. The molecule has 0 unspecified atom stereocenters. The van der Waals surface area contributed by atoms with Gasteiger partial charge in [0.15, 0.2) is 0 Å². The van der Waals surface area contributed by atoms with E-state index in [1.807, 2.05) is 48.5 Å². The average molecular weight is 537 g/mol. The quantitative estimate of drug-likeness (QED) is 0.220. The van der Waals surface area contributed by atoms with Crippen molar-refractivity contribution in [1.82, 2.24) is 0 Å². The van der Waals surface area contributed by atoms with Crippen LogP contribution in [0.25, 0.3) is 0 Å². The van der Waals surface area contributed by atoms with Crippen molar-refractivity contribution in [2.24, 2.45) is 0 Å². The van der Waals surface area contributed by atoms with E-state index in [9.17, 15) is 14.4 Å². The van der Waals surface area contributed by atoms with Crippen molar-refractivity contribution in [2.45, 2.75) is 26.4 Å². The lowest BCUT2D eigenvalue weighted by atomic mass is 10.2. The average Bonchev–Trinajstić information content (AvgIpc) is 3.48. The maximum Gasteiger partial charge on any atom is 0.412 e. The number of nitrogens with two attached hydrogens (primary N) is 1. The topological polar surface area (TPSA) is 123 Å². The molecule has 0 saturated heterocycles. The second-order valence-corrected chi connectivity index (χ2v) is 10.2. The first kappa shape index (κ1) is 27.4. The molecule has 37 heavy (non-hydrogen) atoms. The van der Waals surface area contributed by atoms with Gasteiger partial charge < -0.3 is 21.1 Å². The molecular weight excluding hydrogens is 508 g/mol. The van der Waals surface area contributed by atoms with Gasteiger partial charge in [-0.1, -0.05) is 36.4 Å². The van der Waals surface area contributed by atoms with Crippen molar-refractivity contribution < 1.29 is 19.1 Å².